The normalized spacial score (nSPS) is 29.0. The summed E-state index contributed by atoms with van der Waals surface area (Å²) >= 11 is 0. The molecular formula is C17H15N3O6. The first kappa shape index (κ1) is 16.2. The molecule has 9 heteroatoms. The van der Waals surface area contributed by atoms with Crippen molar-refractivity contribution in [2.75, 3.05) is 7.11 Å². The number of allylic oxidation sites excluding steroid dienone is 2. The number of fused-ring (bicyclic) bond motifs is 5. The molecule has 2 bridgehead atoms. The third-order valence-corrected chi connectivity index (χ3v) is 5.28. The van der Waals surface area contributed by atoms with E-state index in [1.54, 1.807) is 0 Å². The molecule has 0 radical (unpaired) electrons. The zero-order valence-electron chi connectivity index (χ0n) is 13.7. The van der Waals surface area contributed by atoms with Crippen LogP contribution in [-0.4, -0.2) is 40.2 Å². The van der Waals surface area contributed by atoms with Crippen molar-refractivity contribution in [3.8, 4) is 11.5 Å². The molecular weight excluding hydrogens is 342 g/mol. The van der Waals surface area contributed by atoms with Crippen molar-refractivity contribution in [1.29, 1.82) is 0 Å². The standard InChI is InChI=1S/C17H15N3O6/c1-26-11-5-10(15(21)12(6-11)20(24)25)7-18-19-16(22)13-8-2-3-9(4-8)14(13)17(19)23/h2-3,5-9,13-14,21H,4H2,1H3/b18-7-/t8-,9-,13+,14+/m0/s1. The second-order valence-electron chi connectivity index (χ2n) is 6.57. The SMILES string of the molecule is COc1cc(/C=N\N2C(=O)[C@H]3[C@H](C2=O)[C@H]2C=C[C@H]3C2)c(O)c([N+](=O)[O-])c1. The Kier molecular flexibility index (Phi) is 3.53. The molecule has 2 amide bonds. The maximum atomic E-state index is 12.6. The summed E-state index contributed by atoms with van der Waals surface area (Å²) in [6.07, 6.45) is 5.83. The number of hydrazone groups is 1. The van der Waals surface area contributed by atoms with E-state index in [9.17, 15) is 24.8 Å². The van der Waals surface area contributed by atoms with E-state index in [4.69, 9.17) is 4.74 Å². The number of ether oxygens (including phenoxy) is 1. The number of hydrogen-bond donors (Lipinski definition) is 1. The van der Waals surface area contributed by atoms with Crippen LogP contribution in [0.4, 0.5) is 5.69 Å². The number of amides is 2. The number of rotatable bonds is 4. The molecule has 9 nitrogen and oxygen atoms in total. The Morgan fingerprint density at radius 3 is 2.42 bits per heavy atom. The first-order chi connectivity index (χ1) is 12.4. The highest BCUT2D eigenvalue weighted by molar-refractivity contribution is 6.07. The number of phenols is 1. The molecule has 4 atom stereocenters. The Balaban J connectivity index is 1.65. The van der Waals surface area contributed by atoms with Crippen LogP contribution in [0.2, 0.25) is 0 Å². The Bertz CT molecular complexity index is 863. The molecule has 1 aromatic rings. The van der Waals surface area contributed by atoms with Crippen molar-refractivity contribution in [2.24, 2.45) is 28.8 Å². The van der Waals surface area contributed by atoms with Gasteiger partial charge in [-0.3, -0.25) is 19.7 Å². The van der Waals surface area contributed by atoms with Gasteiger partial charge in [0.2, 0.25) is 5.75 Å². The summed E-state index contributed by atoms with van der Waals surface area (Å²) in [5.74, 6) is -1.85. The van der Waals surface area contributed by atoms with Crippen molar-refractivity contribution in [3.05, 3.63) is 40.0 Å². The van der Waals surface area contributed by atoms with Crippen LogP contribution in [0.5, 0.6) is 11.5 Å². The number of aromatic hydroxyl groups is 1. The molecule has 0 spiro atoms. The van der Waals surface area contributed by atoms with Crippen LogP contribution in [0, 0.1) is 33.8 Å². The minimum Gasteiger partial charge on any atom is -0.502 e. The minimum atomic E-state index is -0.755. The number of nitro benzene ring substituents is 1. The summed E-state index contributed by atoms with van der Waals surface area (Å²) in [4.78, 5) is 35.4. The topological polar surface area (TPSA) is 122 Å². The van der Waals surface area contributed by atoms with Crippen LogP contribution < -0.4 is 4.74 Å². The average molecular weight is 357 g/mol. The summed E-state index contributed by atoms with van der Waals surface area (Å²) in [5, 5.41) is 25.8. The van der Waals surface area contributed by atoms with Gasteiger partial charge in [0, 0.05) is 5.56 Å². The van der Waals surface area contributed by atoms with Crippen LogP contribution in [0.1, 0.15) is 12.0 Å². The number of nitro groups is 1. The van der Waals surface area contributed by atoms with Crippen LogP contribution in [0.3, 0.4) is 0 Å². The quantitative estimate of drug-likeness (QED) is 0.286. The average Bonchev–Trinajstić information content (AvgIpc) is 3.29. The maximum absolute atomic E-state index is 12.6. The van der Waals surface area contributed by atoms with Gasteiger partial charge in [-0.25, -0.2) is 0 Å². The summed E-state index contributed by atoms with van der Waals surface area (Å²) in [6.45, 7) is 0. The first-order valence-corrected chi connectivity index (χ1v) is 8.08. The zero-order chi connectivity index (χ0) is 18.6. The van der Waals surface area contributed by atoms with E-state index in [1.807, 2.05) is 12.2 Å². The highest BCUT2D eigenvalue weighted by Crippen LogP contribution is 2.52. The summed E-state index contributed by atoms with van der Waals surface area (Å²) < 4.78 is 4.98. The molecule has 3 aliphatic rings. The third kappa shape index (κ3) is 2.20. The first-order valence-electron chi connectivity index (χ1n) is 8.08. The van der Waals surface area contributed by atoms with Gasteiger partial charge in [-0.15, -0.1) is 0 Å². The lowest BCUT2D eigenvalue weighted by Crippen LogP contribution is -2.28. The van der Waals surface area contributed by atoms with E-state index in [0.29, 0.717) is 0 Å². The van der Waals surface area contributed by atoms with Gasteiger partial charge in [0.05, 0.1) is 36.1 Å². The van der Waals surface area contributed by atoms with E-state index in [1.165, 1.54) is 13.2 Å². The van der Waals surface area contributed by atoms with Crippen molar-refractivity contribution in [1.82, 2.24) is 5.01 Å². The van der Waals surface area contributed by atoms with Crippen LogP contribution in [0.25, 0.3) is 0 Å². The number of benzene rings is 1. The monoisotopic (exact) mass is 357 g/mol. The fraction of sp³-hybridized carbons (Fsp3) is 0.353. The van der Waals surface area contributed by atoms with E-state index >= 15 is 0 Å². The smallest absolute Gasteiger partial charge is 0.315 e. The van der Waals surface area contributed by atoms with Gasteiger partial charge in [0.25, 0.3) is 11.8 Å². The molecule has 1 aliphatic heterocycles. The van der Waals surface area contributed by atoms with Crippen molar-refractivity contribution >= 4 is 23.7 Å². The molecule has 0 unspecified atom stereocenters. The molecule has 1 N–H and O–H groups in total. The van der Waals surface area contributed by atoms with E-state index in [-0.39, 0.29) is 46.8 Å². The van der Waals surface area contributed by atoms with E-state index in [2.05, 4.69) is 5.10 Å². The number of phenolic OH excluding ortho intramolecular Hbond substituents is 1. The lowest BCUT2D eigenvalue weighted by molar-refractivity contribution is -0.385. The van der Waals surface area contributed by atoms with Gasteiger partial charge in [0.15, 0.2) is 0 Å². The molecule has 1 aromatic carbocycles. The summed E-state index contributed by atoms with van der Waals surface area (Å²) in [7, 11) is 1.33. The van der Waals surface area contributed by atoms with Crippen molar-refractivity contribution in [3.63, 3.8) is 0 Å². The number of methoxy groups -OCH3 is 1. The van der Waals surface area contributed by atoms with Crippen LogP contribution in [0.15, 0.2) is 29.4 Å². The largest absolute Gasteiger partial charge is 0.502 e. The molecule has 4 rings (SSSR count). The van der Waals surface area contributed by atoms with Crippen LogP contribution in [-0.2, 0) is 9.59 Å². The fourth-order valence-electron chi connectivity index (χ4n) is 4.09. The van der Waals surface area contributed by atoms with Gasteiger partial charge >= 0.3 is 5.69 Å². The highest BCUT2D eigenvalue weighted by Gasteiger charge is 2.59. The second-order valence-corrected chi connectivity index (χ2v) is 6.57. The Hall–Kier alpha value is -3.23. The summed E-state index contributed by atoms with van der Waals surface area (Å²) in [6, 6.07) is 2.41. The number of carbonyl (C=O) groups is 2. The van der Waals surface area contributed by atoms with Gasteiger partial charge in [-0.05, 0) is 24.3 Å². The predicted octanol–water partition coefficient (Wildman–Crippen LogP) is 1.45. The number of nitrogens with zero attached hydrogens (tertiary/aromatic N) is 3. The molecule has 1 saturated carbocycles. The third-order valence-electron chi connectivity index (χ3n) is 5.28. The fourth-order valence-corrected chi connectivity index (χ4v) is 4.09. The number of imide groups is 1. The maximum Gasteiger partial charge on any atom is 0.315 e. The number of carbonyl (C=O) groups excluding carboxylic acids is 2. The molecule has 2 aliphatic carbocycles. The molecule has 134 valence electrons. The van der Waals surface area contributed by atoms with E-state index < -0.39 is 16.4 Å². The lowest BCUT2D eigenvalue weighted by Gasteiger charge is -2.13. The number of hydrogen-bond acceptors (Lipinski definition) is 7. The molecule has 0 aromatic heterocycles. The van der Waals surface area contributed by atoms with E-state index in [0.717, 1.165) is 23.7 Å². The summed E-state index contributed by atoms with van der Waals surface area (Å²) in [5.41, 5.74) is -0.571. The molecule has 2 fully saturated rings. The zero-order valence-corrected chi connectivity index (χ0v) is 13.7. The van der Waals surface area contributed by atoms with Crippen LogP contribution >= 0.6 is 0 Å². The Labute approximate surface area is 147 Å². The Morgan fingerprint density at radius 1 is 1.27 bits per heavy atom. The van der Waals surface area contributed by atoms with Crippen molar-refractivity contribution in [2.45, 2.75) is 6.42 Å². The van der Waals surface area contributed by atoms with Gasteiger partial charge in [0.1, 0.15) is 5.75 Å². The Morgan fingerprint density at radius 2 is 1.88 bits per heavy atom. The van der Waals surface area contributed by atoms with Gasteiger partial charge in [-0.1, -0.05) is 12.2 Å². The van der Waals surface area contributed by atoms with Gasteiger partial charge in [-0.2, -0.15) is 10.1 Å². The predicted molar refractivity (Wildman–Crippen MR) is 88.5 cm³/mol. The van der Waals surface area contributed by atoms with Crippen molar-refractivity contribution < 1.29 is 24.4 Å². The lowest BCUT2D eigenvalue weighted by atomic mass is 9.85. The minimum absolute atomic E-state index is 0.0187. The molecule has 26 heavy (non-hydrogen) atoms. The van der Waals surface area contributed by atoms with Gasteiger partial charge < -0.3 is 9.84 Å². The molecule has 1 saturated heterocycles. The highest BCUT2D eigenvalue weighted by atomic mass is 16.6. The molecule has 1 heterocycles. The second kappa shape index (κ2) is 5.65.